The molecule has 0 saturated heterocycles. The third-order valence-corrected chi connectivity index (χ3v) is 10.8. The molecule has 0 fully saturated rings. The van der Waals surface area contributed by atoms with E-state index in [9.17, 15) is 19.2 Å². The van der Waals surface area contributed by atoms with Gasteiger partial charge in [-0.25, -0.2) is 0 Å². The first-order chi connectivity index (χ1) is 22.4. The zero-order chi connectivity index (χ0) is 35.3. The fourth-order valence-electron chi connectivity index (χ4n) is 5.27. The predicted molar refractivity (Wildman–Crippen MR) is 198 cm³/mol. The van der Waals surface area contributed by atoms with E-state index in [0.717, 1.165) is 77.0 Å². The van der Waals surface area contributed by atoms with E-state index in [-0.39, 0.29) is 36.7 Å². The van der Waals surface area contributed by atoms with Gasteiger partial charge in [0.15, 0.2) is 6.04 Å². The molecule has 0 rings (SSSR count). The van der Waals surface area contributed by atoms with E-state index in [2.05, 4.69) is 31.8 Å². The van der Waals surface area contributed by atoms with Crippen LogP contribution in [0.3, 0.4) is 0 Å². The molecule has 2 amide bonds. The number of unbranched alkanes of at least 4 members (excludes halogenated alkanes) is 16. The molecule has 0 aliphatic carbocycles. The molecule has 4 N–H and O–H groups in total. The van der Waals surface area contributed by atoms with Crippen LogP contribution in [0.4, 0.5) is 0 Å². The summed E-state index contributed by atoms with van der Waals surface area (Å²) in [4.78, 5) is 49.0. The van der Waals surface area contributed by atoms with E-state index in [1.54, 1.807) is 21.6 Å². The quantitative estimate of drug-likeness (QED) is 0.0339. The van der Waals surface area contributed by atoms with Crippen molar-refractivity contribution >= 4 is 45.3 Å². The molecule has 2 unspecified atom stereocenters. The Bertz CT molecular complexity index is 841. The van der Waals surface area contributed by atoms with Crippen molar-refractivity contribution in [3.63, 3.8) is 0 Å². The van der Waals surface area contributed by atoms with Crippen molar-refractivity contribution in [2.75, 3.05) is 59.8 Å². The van der Waals surface area contributed by atoms with E-state index < -0.39 is 11.9 Å². The third-order valence-electron chi connectivity index (χ3n) is 8.43. The maximum absolute atomic E-state index is 13.1. The summed E-state index contributed by atoms with van der Waals surface area (Å²) in [6.07, 6.45) is 19.9. The maximum Gasteiger partial charge on any atom is 0.303 e. The molecule has 0 aromatic heterocycles. The van der Waals surface area contributed by atoms with Crippen LogP contribution in [0.2, 0.25) is 0 Å². The van der Waals surface area contributed by atoms with Crippen molar-refractivity contribution < 1.29 is 33.9 Å². The lowest BCUT2D eigenvalue weighted by atomic mass is 10.1. The molecule has 12 heteroatoms. The molecule has 0 aromatic carbocycles. The molecule has 0 spiro atoms. The molecule has 2 atom stereocenters. The highest BCUT2D eigenvalue weighted by Crippen LogP contribution is 2.26. The molecule has 47 heavy (non-hydrogen) atoms. The number of hydrogen-bond acceptors (Lipinski definition) is 7. The maximum atomic E-state index is 13.1. The summed E-state index contributed by atoms with van der Waals surface area (Å²) in [5.41, 5.74) is 0. The molecule has 0 bridgehead atoms. The van der Waals surface area contributed by atoms with Crippen molar-refractivity contribution in [3.05, 3.63) is 0 Å². The molecule has 276 valence electrons. The van der Waals surface area contributed by atoms with Crippen molar-refractivity contribution in [1.82, 2.24) is 15.5 Å². The summed E-state index contributed by atoms with van der Waals surface area (Å²) in [6.45, 7) is 1.39. The van der Waals surface area contributed by atoms with Crippen LogP contribution in [-0.4, -0.2) is 115 Å². The molecule has 0 saturated carbocycles. The summed E-state index contributed by atoms with van der Waals surface area (Å²) in [7, 11) is 13.4. The molecule has 0 heterocycles. The summed E-state index contributed by atoms with van der Waals surface area (Å²) in [5, 5.41) is 23.6. The summed E-state index contributed by atoms with van der Waals surface area (Å²) < 4.78 is 0.552. The van der Waals surface area contributed by atoms with Crippen LogP contribution < -0.4 is 10.6 Å². The molecular formula is C35H69N4O6S2+. The van der Waals surface area contributed by atoms with Crippen molar-refractivity contribution in [1.29, 1.82) is 0 Å². The number of likely N-dealkylation sites (N-methyl/N-ethyl adjacent to an activating group) is 2. The van der Waals surface area contributed by atoms with Crippen molar-refractivity contribution in [3.8, 4) is 0 Å². The van der Waals surface area contributed by atoms with Gasteiger partial charge in [0.1, 0.15) is 0 Å². The Morgan fingerprint density at radius 3 is 1.26 bits per heavy atom. The number of nitrogens with one attached hydrogen (secondary N) is 2. The van der Waals surface area contributed by atoms with Crippen LogP contribution in [0, 0.1) is 0 Å². The lowest BCUT2D eigenvalue weighted by Crippen LogP contribution is -2.55. The van der Waals surface area contributed by atoms with E-state index >= 15 is 0 Å². The van der Waals surface area contributed by atoms with Gasteiger partial charge >= 0.3 is 11.9 Å². The number of carbonyl (C=O) groups excluding carboxylic acids is 2. The van der Waals surface area contributed by atoms with Gasteiger partial charge in [0, 0.05) is 31.7 Å². The van der Waals surface area contributed by atoms with Gasteiger partial charge in [-0.15, -0.1) is 0 Å². The monoisotopic (exact) mass is 705 g/mol. The van der Waals surface area contributed by atoms with E-state index in [4.69, 9.17) is 10.2 Å². The number of rotatable bonds is 33. The molecular weight excluding hydrogens is 637 g/mol. The van der Waals surface area contributed by atoms with Crippen LogP contribution in [0.25, 0.3) is 0 Å². The number of carboxylic acid groups (broad SMARTS) is 2. The van der Waals surface area contributed by atoms with Gasteiger partial charge in [0.05, 0.1) is 32.9 Å². The first-order valence-corrected chi connectivity index (χ1v) is 20.6. The lowest BCUT2D eigenvalue weighted by molar-refractivity contribution is -0.883. The largest absolute Gasteiger partial charge is 0.481 e. The average Bonchev–Trinajstić information content (AvgIpc) is 2.98. The van der Waals surface area contributed by atoms with Gasteiger partial charge in [-0.1, -0.05) is 111 Å². The van der Waals surface area contributed by atoms with Crippen LogP contribution >= 0.6 is 21.6 Å². The number of nitrogens with zero attached hydrogens (tertiary/aromatic N) is 2. The Balaban J connectivity index is 4.12. The van der Waals surface area contributed by atoms with Gasteiger partial charge in [-0.3, -0.25) is 24.1 Å². The smallest absolute Gasteiger partial charge is 0.303 e. The zero-order valence-electron chi connectivity index (χ0n) is 30.4. The second-order valence-corrected chi connectivity index (χ2v) is 16.5. The number of amides is 2. The Kier molecular flexibility index (Phi) is 28.5. The predicted octanol–water partition coefficient (Wildman–Crippen LogP) is 6.58. The summed E-state index contributed by atoms with van der Waals surface area (Å²) in [6, 6.07) is -0.390. The van der Waals surface area contributed by atoms with Crippen molar-refractivity contribution in [2.45, 2.75) is 141 Å². The Morgan fingerprint density at radius 2 is 0.894 bits per heavy atom. The minimum atomic E-state index is -0.706. The van der Waals surface area contributed by atoms with Gasteiger partial charge in [-0.2, -0.15) is 0 Å². The van der Waals surface area contributed by atoms with Gasteiger partial charge in [0.25, 0.3) is 5.91 Å². The number of carbonyl (C=O) groups is 4. The highest BCUT2D eigenvalue weighted by atomic mass is 33.1. The average molecular weight is 706 g/mol. The first-order valence-electron chi connectivity index (χ1n) is 18.1. The number of aliphatic carboxylic acids is 2. The topological polar surface area (TPSA) is 136 Å². The van der Waals surface area contributed by atoms with Gasteiger partial charge in [0.2, 0.25) is 5.91 Å². The van der Waals surface area contributed by atoms with Crippen LogP contribution in [0.1, 0.15) is 128 Å². The lowest BCUT2D eigenvalue weighted by Gasteiger charge is -2.33. The molecule has 0 aliphatic rings. The van der Waals surface area contributed by atoms with Crippen molar-refractivity contribution in [2.24, 2.45) is 0 Å². The number of hydrogen-bond donors (Lipinski definition) is 4. The second-order valence-electron chi connectivity index (χ2n) is 13.9. The zero-order valence-corrected chi connectivity index (χ0v) is 32.0. The van der Waals surface area contributed by atoms with Crippen LogP contribution in [0.5, 0.6) is 0 Å². The summed E-state index contributed by atoms with van der Waals surface area (Å²) >= 11 is 0. The minimum Gasteiger partial charge on any atom is -0.481 e. The summed E-state index contributed by atoms with van der Waals surface area (Å²) in [5.74, 6) is 0.0669. The van der Waals surface area contributed by atoms with Crippen LogP contribution in [0.15, 0.2) is 0 Å². The number of quaternary nitrogens is 1. The standard InChI is InChI=1S/C35H68N4O6S2/c1-38(2)30(34(44)36-26-22-18-14-10-6-8-12-16-20-24-32(40)41)28-46-47-29-31(39(3,4)5)35(45)37-27-23-19-15-11-7-9-13-17-21-25-33(42)43/h30-31H,6-29H2,1-5H3,(H3-,36,37,40,41,42,43,44,45)/p+1. The first kappa shape index (κ1) is 45.5. The number of carboxylic acids is 2. The Hall–Kier alpha value is -1.50. The fourth-order valence-corrected chi connectivity index (χ4v) is 8.12. The second kappa shape index (κ2) is 29.4. The molecule has 10 nitrogen and oxygen atoms in total. The Labute approximate surface area is 294 Å². The highest BCUT2D eigenvalue weighted by Gasteiger charge is 2.31. The van der Waals surface area contributed by atoms with Gasteiger partial charge in [-0.05, 0) is 39.8 Å². The molecule has 0 aliphatic heterocycles. The van der Waals surface area contributed by atoms with E-state index in [1.165, 1.54) is 38.5 Å². The minimum absolute atomic E-state index is 0.0566. The van der Waals surface area contributed by atoms with Crippen LogP contribution in [-0.2, 0) is 19.2 Å². The SMILES string of the molecule is CN(C)C(CSSCC(C(=O)NCCCCCCCCCCCC(=O)O)[N+](C)(C)C)C(=O)NCCCCCCCCCCCC(=O)O. The van der Waals surface area contributed by atoms with E-state index in [0.29, 0.717) is 29.1 Å². The fraction of sp³-hybridized carbons (Fsp3) is 0.886. The Morgan fingerprint density at radius 1 is 0.553 bits per heavy atom. The third kappa shape index (κ3) is 28.1. The van der Waals surface area contributed by atoms with Gasteiger partial charge < -0.3 is 25.3 Å². The normalized spacial score (nSPS) is 13.0. The van der Waals surface area contributed by atoms with E-state index in [1.807, 2.05) is 19.0 Å². The molecule has 0 radical (unpaired) electrons. The molecule has 0 aromatic rings. The highest BCUT2D eigenvalue weighted by molar-refractivity contribution is 8.76.